The Kier molecular flexibility index (Phi) is 4.51. The van der Waals surface area contributed by atoms with Crippen LogP contribution in [0.1, 0.15) is 39.9 Å². The van der Waals surface area contributed by atoms with Crippen molar-refractivity contribution >= 4 is 11.7 Å². The maximum absolute atomic E-state index is 12.8. The standard InChI is InChI=1S/C19H24N4O/c1-5-14-6-8-15(9-7-14)19(24)23-11-10-17-16(12-23)18(22(3)4)21-13(2)20-17/h6-9H,5,10-12H2,1-4H3. The normalized spacial score (nSPS) is 13.6. The maximum Gasteiger partial charge on any atom is 0.254 e. The van der Waals surface area contributed by atoms with Gasteiger partial charge in [0.25, 0.3) is 5.91 Å². The number of nitrogens with zero attached hydrogens (tertiary/aromatic N) is 4. The van der Waals surface area contributed by atoms with E-state index < -0.39 is 0 Å². The highest BCUT2D eigenvalue weighted by molar-refractivity contribution is 5.94. The molecule has 0 spiro atoms. The summed E-state index contributed by atoms with van der Waals surface area (Å²) in [6.45, 7) is 5.30. The fraction of sp³-hybridized carbons (Fsp3) is 0.421. The lowest BCUT2D eigenvalue weighted by atomic mass is 10.0. The molecule has 0 atom stereocenters. The highest BCUT2D eigenvalue weighted by atomic mass is 16.2. The number of carbonyl (C=O) groups excluding carboxylic acids is 1. The third-order valence-corrected chi connectivity index (χ3v) is 4.47. The summed E-state index contributed by atoms with van der Waals surface area (Å²) in [6, 6.07) is 7.91. The number of benzene rings is 1. The third-order valence-electron chi connectivity index (χ3n) is 4.47. The van der Waals surface area contributed by atoms with Crippen LogP contribution in [0.2, 0.25) is 0 Å². The molecule has 1 aromatic heterocycles. The van der Waals surface area contributed by atoms with Crippen LogP contribution in [0.15, 0.2) is 24.3 Å². The van der Waals surface area contributed by atoms with E-state index in [0.717, 1.165) is 41.3 Å². The number of aromatic nitrogens is 2. The molecule has 3 rings (SSSR count). The molecular weight excluding hydrogens is 300 g/mol. The van der Waals surface area contributed by atoms with Crippen molar-refractivity contribution in [3.63, 3.8) is 0 Å². The van der Waals surface area contributed by atoms with Crippen LogP contribution >= 0.6 is 0 Å². The zero-order valence-corrected chi connectivity index (χ0v) is 14.8. The topological polar surface area (TPSA) is 49.3 Å². The molecule has 0 bridgehead atoms. The van der Waals surface area contributed by atoms with Crippen LogP contribution in [0.5, 0.6) is 0 Å². The van der Waals surface area contributed by atoms with E-state index in [9.17, 15) is 4.79 Å². The predicted molar refractivity (Wildman–Crippen MR) is 95.4 cm³/mol. The van der Waals surface area contributed by atoms with Gasteiger partial charge in [0.1, 0.15) is 11.6 Å². The molecule has 0 saturated carbocycles. The maximum atomic E-state index is 12.8. The van der Waals surface area contributed by atoms with Gasteiger partial charge >= 0.3 is 0 Å². The van der Waals surface area contributed by atoms with E-state index in [-0.39, 0.29) is 5.91 Å². The number of hydrogen-bond acceptors (Lipinski definition) is 4. The Balaban J connectivity index is 1.87. The number of carbonyl (C=O) groups is 1. The first kappa shape index (κ1) is 16.4. The van der Waals surface area contributed by atoms with Crippen molar-refractivity contribution in [2.75, 3.05) is 25.5 Å². The molecule has 0 fully saturated rings. The molecule has 0 saturated heterocycles. The third kappa shape index (κ3) is 3.11. The van der Waals surface area contributed by atoms with E-state index in [1.54, 1.807) is 0 Å². The van der Waals surface area contributed by atoms with Crippen LogP contribution < -0.4 is 4.90 Å². The van der Waals surface area contributed by atoms with Gasteiger partial charge in [-0.1, -0.05) is 19.1 Å². The Morgan fingerprint density at radius 1 is 1.21 bits per heavy atom. The monoisotopic (exact) mass is 324 g/mol. The molecule has 1 amide bonds. The van der Waals surface area contributed by atoms with Gasteiger partial charge in [0.05, 0.1) is 12.2 Å². The molecule has 126 valence electrons. The van der Waals surface area contributed by atoms with Crippen LogP contribution in [0.3, 0.4) is 0 Å². The molecule has 1 aliphatic heterocycles. The lowest BCUT2D eigenvalue weighted by Crippen LogP contribution is -2.37. The van der Waals surface area contributed by atoms with E-state index in [1.165, 1.54) is 5.56 Å². The summed E-state index contributed by atoms with van der Waals surface area (Å²) in [5.74, 6) is 1.78. The zero-order chi connectivity index (χ0) is 17.3. The fourth-order valence-electron chi connectivity index (χ4n) is 3.13. The van der Waals surface area contributed by atoms with Gasteiger partial charge in [0.2, 0.25) is 0 Å². The number of rotatable bonds is 3. The highest BCUT2D eigenvalue weighted by Crippen LogP contribution is 2.26. The van der Waals surface area contributed by atoms with E-state index in [2.05, 4.69) is 16.9 Å². The van der Waals surface area contributed by atoms with Crippen molar-refractivity contribution in [1.29, 1.82) is 0 Å². The van der Waals surface area contributed by atoms with Gasteiger partial charge in [-0.3, -0.25) is 4.79 Å². The van der Waals surface area contributed by atoms with E-state index >= 15 is 0 Å². The second-order valence-electron chi connectivity index (χ2n) is 6.44. The number of aryl methyl sites for hydroxylation is 2. The molecule has 1 aliphatic rings. The molecular formula is C19H24N4O. The average molecular weight is 324 g/mol. The Morgan fingerprint density at radius 2 is 1.92 bits per heavy atom. The van der Waals surface area contributed by atoms with Crippen molar-refractivity contribution in [2.45, 2.75) is 33.2 Å². The molecule has 24 heavy (non-hydrogen) atoms. The highest BCUT2D eigenvalue weighted by Gasteiger charge is 2.26. The van der Waals surface area contributed by atoms with Crippen molar-refractivity contribution < 1.29 is 4.79 Å². The van der Waals surface area contributed by atoms with Gasteiger partial charge in [-0.15, -0.1) is 0 Å². The van der Waals surface area contributed by atoms with Crippen LogP contribution in [-0.4, -0.2) is 41.4 Å². The minimum atomic E-state index is 0.0774. The quantitative estimate of drug-likeness (QED) is 0.871. The summed E-state index contributed by atoms with van der Waals surface area (Å²) >= 11 is 0. The SMILES string of the molecule is CCc1ccc(C(=O)N2CCc3nc(C)nc(N(C)C)c3C2)cc1. The first-order valence-corrected chi connectivity index (χ1v) is 8.41. The molecule has 0 aliphatic carbocycles. The Hall–Kier alpha value is -2.43. The summed E-state index contributed by atoms with van der Waals surface area (Å²) in [4.78, 5) is 25.8. The second-order valence-corrected chi connectivity index (χ2v) is 6.44. The van der Waals surface area contributed by atoms with E-state index in [4.69, 9.17) is 0 Å². The first-order chi connectivity index (χ1) is 11.5. The zero-order valence-electron chi connectivity index (χ0n) is 14.8. The first-order valence-electron chi connectivity index (χ1n) is 8.41. The van der Waals surface area contributed by atoms with Gasteiger partial charge < -0.3 is 9.80 Å². The molecule has 0 N–H and O–H groups in total. The van der Waals surface area contributed by atoms with Gasteiger partial charge in [-0.25, -0.2) is 9.97 Å². The number of fused-ring (bicyclic) bond motifs is 1. The Labute approximate surface area is 143 Å². The van der Waals surface area contributed by atoms with Gasteiger partial charge in [-0.2, -0.15) is 0 Å². The van der Waals surface area contributed by atoms with Gasteiger partial charge in [-0.05, 0) is 31.0 Å². The lowest BCUT2D eigenvalue weighted by Gasteiger charge is -2.31. The summed E-state index contributed by atoms with van der Waals surface area (Å²) < 4.78 is 0. The second kappa shape index (κ2) is 6.59. The van der Waals surface area contributed by atoms with Gasteiger partial charge in [0, 0.05) is 38.2 Å². The van der Waals surface area contributed by atoms with Crippen molar-refractivity contribution in [1.82, 2.24) is 14.9 Å². The van der Waals surface area contributed by atoms with Gasteiger partial charge in [0.15, 0.2) is 0 Å². The van der Waals surface area contributed by atoms with Crippen molar-refractivity contribution in [2.24, 2.45) is 0 Å². The minimum absolute atomic E-state index is 0.0774. The summed E-state index contributed by atoms with van der Waals surface area (Å²) in [5.41, 5.74) is 4.12. The number of anilines is 1. The Bertz CT molecular complexity index is 753. The minimum Gasteiger partial charge on any atom is -0.362 e. The lowest BCUT2D eigenvalue weighted by molar-refractivity contribution is 0.0733. The number of amides is 1. The van der Waals surface area contributed by atoms with Crippen LogP contribution in [0.25, 0.3) is 0 Å². The van der Waals surface area contributed by atoms with Crippen LogP contribution in [0, 0.1) is 6.92 Å². The predicted octanol–water partition coefficient (Wildman–Crippen LogP) is 2.61. The molecule has 0 unspecified atom stereocenters. The van der Waals surface area contributed by atoms with Crippen LogP contribution in [0.4, 0.5) is 5.82 Å². The molecule has 0 radical (unpaired) electrons. The summed E-state index contributed by atoms with van der Waals surface area (Å²) in [6.07, 6.45) is 1.76. The molecule has 2 heterocycles. The van der Waals surface area contributed by atoms with E-state index in [1.807, 2.05) is 55.1 Å². The molecule has 5 nitrogen and oxygen atoms in total. The van der Waals surface area contributed by atoms with Crippen LogP contribution in [-0.2, 0) is 19.4 Å². The molecule has 2 aromatic rings. The average Bonchev–Trinajstić information content (AvgIpc) is 2.60. The largest absolute Gasteiger partial charge is 0.362 e. The van der Waals surface area contributed by atoms with E-state index in [0.29, 0.717) is 13.1 Å². The molecule has 5 heteroatoms. The molecule has 1 aromatic carbocycles. The summed E-state index contributed by atoms with van der Waals surface area (Å²) in [5, 5.41) is 0. The number of hydrogen-bond donors (Lipinski definition) is 0. The Morgan fingerprint density at radius 3 is 2.54 bits per heavy atom. The summed E-state index contributed by atoms with van der Waals surface area (Å²) in [7, 11) is 3.96. The fourth-order valence-corrected chi connectivity index (χ4v) is 3.13. The van der Waals surface area contributed by atoms with Crippen molar-refractivity contribution in [3.05, 3.63) is 52.5 Å². The van der Waals surface area contributed by atoms with Crippen molar-refractivity contribution in [3.8, 4) is 0 Å². The smallest absolute Gasteiger partial charge is 0.254 e.